The van der Waals surface area contributed by atoms with Gasteiger partial charge in [-0.15, -0.1) is 12.4 Å². The zero-order valence-corrected chi connectivity index (χ0v) is 15.3. The average molecular weight is 379 g/mol. The molecule has 0 saturated carbocycles. The van der Waals surface area contributed by atoms with E-state index in [9.17, 15) is 14.4 Å². The predicted octanol–water partition coefficient (Wildman–Crippen LogP) is 0.714. The first-order valence-electron chi connectivity index (χ1n) is 8.78. The Balaban J connectivity index is 0.00000196. The third-order valence-electron chi connectivity index (χ3n) is 5.69. The van der Waals surface area contributed by atoms with E-state index in [-0.39, 0.29) is 24.9 Å². The number of halogens is 1. The molecule has 1 amide bonds. The lowest BCUT2D eigenvalue weighted by Gasteiger charge is -2.38. The molecule has 0 unspecified atom stereocenters. The van der Waals surface area contributed by atoms with Crippen molar-refractivity contribution in [3.8, 4) is 0 Å². The van der Waals surface area contributed by atoms with Gasteiger partial charge in [0.05, 0.1) is 10.9 Å². The molecule has 2 N–H and O–H groups in total. The molecule has 1 spiro atoms. The second-order valence-corrected chi connectivity index (χ2v) is 7.17. The third kappa shape index (κ3) is 3.29. The number of benzene rings is 1. The Morgan fingerprint density at radius 3 is 2.54 bits per heavy atom. The topological polar surface area (TPSA) is 87.2 Å². The molecule has 1 aromatic heterocycles. The maximum atomic E-state index is 12.6. The molecular weight excluding hydrogens is 356 g/mol. The molecule has 0 radical (unpaired) electrons. The summed E-state index contributed by atoms with van der Waals surface area (Å²) in [6, 6.07) is 6.85. The number of aromatic amines is 1. The predicted molar refractivity (Wildman–Crippen MR) is 102 cm³/mol. The summed E-state index contributed by atoms with van der Waals surface area (Å²) >= 11 is 0. The highest BCUT2D eigenvalue weighted by Gasteiger charge is 2.38. The lowest BCUT2D eigenvalue weighted by atomic mass is 9.78. The van der Waals surface area contributed by atoms with E-state index in [1.165, 1.54) is 6.42 Å². The summed E-state index contributed by atoms with van der Waals surface area (Å²) < 4.78 is 1.01. The molecule has 2 aromatic rings. The van der Waals surface area contributed by atoms with Gasteiger partial charge < -0.3 is 15.2 Å². The number of carbonyl (C=O) groups excluding carboxylic acids is 1. The molecule has 2 aliphatic heterocycles. The van der Waals surface area contributed by atoms with E-state index in [2.05, 4.69) is 10.3 Å². The number of amides is 1. The van der Waals surface area contributed by atoms with Crippen LogP contribution in [-0.2, 0) is 11.3 Å². The van der Waals surface area contributed by atoms with E-state index in [1.807, 2.05) is 0 Å². The van der Waals surface area contributed by atoms with Crippen molar-refractivity contribution >= 4 is 29.2 Å². The number of H-pyrrole nitrogens is 1. The van der Waals surface area contributed by atoms with Gasteiger partial charge in [-0.1, -0.05) is 12.1 Å². The Hall–Kier alpha value is -2.12. The highest BCUT2D eigenvalue weighted by molar-refractivity contribution is 5.85. The third-order valence-corrected chi connectivity index (χ3v) is 5.69. The van der Waals surface area contributed by atoms with Gasteiger partial charge in [-0.25, -0.2) is 4.79 Å². The molecule has 0 bridgehead atoms. The first-order valence-corrected chi connectivity index (χ1v) is 8.78. The van der Waals surface area contributed by atoms with Gasteiger partial charge in [0, 0.05) is 19.6 Å². The largest absolute Gasteiger partial charge is 0.341 e. The van der Waals surface area contributed by atoms with Crippen LogP contribution in [0.2, 0.25) is 0 Å². The maximum Gasteiger partial charge on any atom is 0.329 e. The summed E-state index contributed by atoms with van der Waals surface area (Å²) in [4.78, 5) is 41.8. The van der Waals surface area contributed by atoms with Crippen LogP contribution in [0.25, 0.3) is 10.9 Å². The van der Waals surface area contributed by atoms with Crippen molar-refractivity contribution < 1.29 is 4.79 Å². The van der Waals surface area contributed by atoms with Crippen molar-refractivity contribution in [3.05, 3.63) is 45.1 Å². The average Bonchev–Trinajstić information content (AvgIpc) is 3.07. The summed E-state index contributed by atoms with van der Waals surface area (Å²) in [7, 11) is 0. The molecule has 3 heterocycles. The number of fused-ring (bicyclic) bond motifs is 1. The van der Waals surface area contributed by atoms with Gasteiger partial charge in [0.25, 0.3) is 5.56 Å². The number of piperidine rings is 1. The number of nitrogens with one attached hydrogen (secondary N) is 2. The van der Waals surface area contributed by atoms with Crippen LogP contribution in [0.1, 0.15) is 19.3 Å². The lowest BCUT2D eigenvalue weighted by Crippen LogP contribution is -2.47. The minimum atomic E-state index is -0.537. The molecule has 0 atom stereocenters. The molecule has 2 saturated heterocycles. The van der Waals surface area contributed by atoms with Crippen molar-refractivity contribution in [1.29, 1.82) is 0 Å². The van der Waals surface area contributed by atoms with Crippen LogP contribution in [0.15, 0.2) is 33.9 Å². The number of hydrogen-bond acceptors (Lipinski definition) is 4. The van der Waals surface area contributed by atoms with Crippen LogP contribution in [-0.4, -0.2) is 46.5 Å². The van der Waals surface area contributed by atoms with Gasteiger partial charge in [0.15, 0.2) is 0 Å². The number of aromatic nitrogens is 2. The van der Waals surface area contributed by atoms with Gasteiger partial charge in [-0.3, -0.25) is 14.2 Å². The zero-order valence-electron chi connectivity index (χ0n) is 14.5. The Morgan fingerprint density at radius 1 is 1.12 bits per heavy atom. The van der Waals surface area contributed by atoms with Crippen LogP contribution in [0.3, 0.4) is 0 Å². The molecular formula is C18H23ClN4O3. The Bertz CT molecular complexity index is 920. The summed E-state index contributed by atoms with van der Waals surface area (Å²) in [5, 5.41) is 3.83. The highest BCUT2D eigenvalue weighted by Crippen LogP contribution is 2.36. The molecule has 4 rings (SSSR count). The van der Waals surface area contributed by atoms with Gasteiger partial charge in [0.1, 0.15) is 6.54 Å². The fourth-order valence-electron chi connectivity index (χ4n) is 4.03. The number of nitrogens with zero attached hydrogens (tertiary/aromatic N) is 2. The lowest BCUT2D eigenvalue weighted by molar-refractivity contribution is -0.134. The summed E-state index contributed by atoms with van der Waals surface area (Å²) in [5.74, 6) is -0.163. The first kappa shape index (κ1) is 18.7. The van der Waals surface area contributed by atoms with Crippen LogP contribution >= 0.6 is 12.4 Å². The molecule has 8 heteroatoms. The Kier molecular flexibility index (Phi) is 5.20. The normalized spacial score (nSPS) is 18.8. The minimum Gasteiger partial charge on any atom is -0.341 e. The van der Waals surface area contributed by atoms with E-state index in [0.29, 0.717) is 29.4 Å². The number of para-hydroxylation sites is 1. The van der Waals surface area contributed by atoms with E-state index in [1.54, 1.807) is 29.2 Å². The van der Waals surface area contributed by atoms with E-state index < -0.39 is 11.2 Å². The highest BCUT2D eigenvalue weighted by atomic mass is 35.5. The van der Waals surface area contributed by atoms with Crippen molar-refractivity contribution in [2.75, 3.05) is 26.2 Å². The van der Waals surface area contributed by atoms with Crippen molar-refractivity contribution in [2.24, 2.45) is 5.41 Å². The SMILES string of the molecule is Cl.O=C(Cn1c(=O)[nH]c2ccccc2c1=O)N1CCC2(CCNC2)CC1. The van der Waals surface area contributed by atoms with Crippen molar-refractivity contribution in [3.63, 3.8) is 0 Å². The summed E-state index contributed by atoms with van der Waals surface area (Å²) in [5.41, 5.74) is -0.129. The molecule has 0 aliphatic carbocycles. The van der Waals surface area contributed by atoms with Crippen LogP contribution in [0.5, 0.6) is 0 Å². The Morgan fingerprint density at radius 2 is 1.85 bits per heavy atom. The second-order valence-electron chi connectivity index (χ2n) is 7.17. The number of hydrogen-bond donors (Lipinski definition) is 2. The summed E-state index contributed by atoms with van der Waals surface area (Å²) in [6.07, 6.45) is 3.13. The van der Waals surface area contributed by atoms with E-state index in [0.717, 1.165) is 30.5 Å². The van der Waals surface area contributed by atoms with Gasteiger partial charge >= 0.3 is 5.69 Å². The standard InChI is InChI=1S/C18H22N4O3.ClH/c23-15(21-9-6-18(7-10-21)5-8-19-12-18)11-22-16(24)13-3-1-2-4-14(13)20-17(22)25;/h1-4,19H,5-12H2,(H,20,25);1H. The van der Waals surface area contributed by atoms with Gasteiger partial charge in [0.2, 0.25) is 5.91 Å². The van der Waals surface area contributed by atoms with Gasteiger partial charge in [-0.2, -0.15) is 0 Å². The fraction of sp³-hybridized carbons (Fsp3) is 0.500. The number of carbonyl (C=O) groups is 1. The van der Waals surface area contributed by atoms with Crippen molar-refractivity contribution in [1.82, 2.24) is 19.8 Å². The molecule has 7 nitrogen and oxygen atoms in total. The number of rotatable bonds is 2. The van der Waals surface area contributed by atoms with Crippen molar-refractivity contribution in [2.45, 2.75) is 25.8 Å². The van der Waals surface area contributed by atoms with E-state index in [4.69, 9.17) is 0 Å². The minimum absolute atomic E-state index is 0. The first-order chi connectivity index (χ1) is 12.1. The van der Waals surface area contributed by atoms with Crippen LogP contribution < -0.4 is 16.6 Å². The Labute approximate surface area is 156 Å². The monoisotopic (exact) mass is 378 g/mol. The molecule has 2 fully saturated rings. The molecule has 2 aliphatic rings. The molecule has 26 heavy (non-hydrogen) atoms. The molecule has 140 valence electrons. The number of likely N-dealkylation sites (tertiary alicyclic amines) is 1. The maximum absolute atomic E-state index is 12.6. The molecule has 1 aromatic carbocycles. The zero-order chi connectivity index (χ0) is 17.4. The second kappa shape index (κ2) is 7.25. The fourth-order valence-corrected chi connectivity index (χ4v) is 4.03. The summed E-state index contributed by atoms with van der Waals surface area (Å²) in [6.45, 7) is 3.26. The smallest absolute Gasteiger partial charge is 0.329 e. The van der Waals surface area contributed by atoms with Gasteiger partial charge in [-0.05, 0) is 43.4 Å². The quantitative estimate of drug-likeness (QED) is 0.805. The van der Waals surface area contributed by atoms with Crippen LogP contribution in [0, 0.1) is 5.41 Å². The van der Waals surface area contributed by atoms with Crippen LogP contribution in [0.4, 0.5) is 0 Å². The van der Waals surface area contributed by atoms with E-state index >= 15 is 0 Å².